The van der Waals surface area contributed by atoms with Crippen molar-refractivity contribution < 1.29 is 27.8 Å². The number of fused-ring (bicyclic) bond motifs is 1. The number of aliphatic hydroxyl groups excluding tert-OH is 1. The first-order valence-electron chi connectivity index (χ1n) is 12.1. The van der Waals surface area contributed by atoms with Gasteiger partial charge in [-0.15, -0.1) is 0 Å². The highest BCUT2D eigenvalue weighted by molar-refractivity contribution is 7.89. The van der Waals surface area contributed by atoms with Crippen molar-refractivity contribution in [1.82, 2.24) is 14.6 Å². The molecule has 0 aliphatic rings. The number of aromatic amines is 1. The Hall–Kier alpha value is -3.15. The van der Waals surface area contributed by atoms with Gasteiger partial charge in [-0.25, -0.2) is 18.0 Å². The predicted octanol–water partition coefficient (Wildman–Crippen LogP) is 3.42. The van der Waals surface area contributed by atoms with Gasteiger partial charge in [-0.2, -0.15) is 4.31 Å². The summed E-state index contributed by atoms with van der Waals surface area (Å²) in [4.78, 5) is 25.7. The fraction of sp³-hybridized carbons (Fsp3) is 0.462. The molecule has 3 rings (SSSR count). The summed E-state index contributed by atoms with van der Waals surface area (Å²) in [6, 6.07) is 11.2. The molecule has 1 heterocycles. The number of nitrogens with zero attached hydrogens (tertiary/aromatic N) is 1. The number of benzene rings is 2. The largest absolute Gasteiger partial charge is 0.465 e. The van der Waals surface area contributed by atoms with Gasteiger partial charge in [-0.05, 0) is 35.4 Å². The number of carbonyl (C=O) groups is 1. The molecular weight excluding hydrogens is 498 g/mol. The molecule has 0 saturated heterocycles. The van der Waals surface area contributed by atoms with Crippen molar-refractivity contribution in [2.45, 2.75) is 64.1 Å². The zero-order valence-electron chi connectivity index (χ0n) is 21.6. The monoisotopic (exact) mass is 533 g/mol. The number of aromatic nitrogens is 1. The van der Waals surface area contributed by atoms with Crippen molar-refractivity contribution >= 4 is 27.2 Å². The minimum atomic E-state index is -4.22. The molecule has 0 saturated carbocycles. The second-order valence-corrected chi connectivity index (χ2v) is 12.6. The Labute approximate surface area is 216 Å². The van der Waals surface area contributed by atoms with E-state index in [4.69, 9.17) is 4.42 Å². The van der Waals surface area contributed by atoms with Crippen molar-refractivity contribution in [2.75, 3.05) is 6.54 Å². The summed E-state index contributed by atoms with van der Waals surface area (Å²) in [6.45, 7) is 9.21. The van der Waals surface area contributed by atoms with Gasteiger partial charge in [0.15, 0.2) is 5.58 Å². The maximum atomic E-state index is 14.1. The summed E-state index contributed by atoms with van der Waals surface area (Å²) in [6.07, 6.45) is -2.55. The Balaban J connectivity index is 2.11. The van der Waals surface area contributed by atoms with Crippen LogP contribution in [-0.4, -0.2) is 58.7 Å². The highest BCUT2D eigenvalue weighted by Crippen LogP contribution is 2.34. The summed E-state index contributed by atoms with van der Waals surface area (Å²) >= 11 is 0. The SMILES string of the molecule is CC(C)CN(C([C@H](O)[C@H](Cc1ccccc1)NC(=O)O)C(C)(C)C)S(=O)(=O)c1ccc2[nH]c(=O)oc2c1. The standard InChI is InChI=1S/C26H35N3O7S/c1-16(2)15-29(37(34,35)18-11-12-19-21(14-18)36-25(33)28-19)23(26(3,4)5)22(30)20(27-24(31)32)13-17-9-7-6-8-10-17/h6-12,14,16,20,22-23,27,30H,13,15H2,1-5H3,(H,28,33)(H,31,32)/t20-,22+,23?/m0/s1. The fourth-order valence-electron chi connectivity index (χ4n) is 4.56. The number of H-pyrrole nitrogens is 1. The average molecular weight is 534 g/mol. The van der Waals surface area contributed by atoms with E-state index in [0.29, 0.717) is 5.52 Å². The number of hydrogen-bond acceptors (Lipinski definition) is 6. The molecule has 0 fully saturated rings. The minimum Gasteiger partial charge on any atom is -0.465 e. The van der Waals surface area contributed by atoms with E-state index in [9.17, 15) is 28.2 Å². The molecule has 1 amide bonds. The molecule has 202 valence electrons. The lowest BCUT2D eigenvalue weighted by Gasteiger charge is -2.44. The number of oxazole rings is 1. The normalized spacial score (nSPS) is 15.1. The van der Waals surface area contributed by atoms with Crippen molar-refractivity contribution in [3.8, 4) is 0 Å². The quantitative estimate of drug-likeness (QED) is 0.311. The van der Waals surface area contributed by atoms with Crippen LogP contribution in [0.4, 0.5) is 4.79 Å². The molecule has 1 unspecified atom stereocenters. The van der Waals surface area contributed by atoms with Crippen LogP contribution in [0.2, 0.25) is 0 Å². The highest BCUT2D eigenvalue weighted by atomic mass is 32.2. The lowest BCUT2D eigenvalue weighted by atomic mass is 9.79. The lowest BCUT2D eigenvalue weighted by Crippen LogP contribution is -2.61. The Bertz CT molecular complexity index is 1370. The molecule has 3 aromatic rings. The van der Waals surface area contributed by atoms with Gasteiger partial charge in [0.2, 0.25) is 10.0 Å². The van der Waals surface area contributed by atoms with Crippen molar-refractivity contribution in [3.63, 3.8) is 0 Å². The van der Waals surface area contributed by atoms with Crippen LogP contribution in [0.3, 0.4) is 0 Å². The summed E-state index contributed by atoms with van der Waals surface area (Å²) < 4.78 is 34.4. The summed E-state index contributed by atoms with van der Waals surface area (Å²) in [5.41, 5.74) is 0.457. The van der Waals surface area contributed by atoms with Gasteiger partial charge in [0, 0.05) is 12.6 Å². The van der Waals surface area contributed by atoms with Crippen molar-refractivity contribution in [3.05, 3.63) is 64.6 Å². The van der Waals surface area contributed by atoms with Gasteiger partial charge in [-0.1, -0.05) is 65.0 Å². The molecule has 3 atom stereocenters. The number of hydrogen-bond donors (Lipinski definition) is 4. The molecule has 0 aliphatic carbocycles. The number of carboxylic acid groups (broad SMARTS) is 1. The van der Waals surface area contributed by atoms with Gasteiger partial charge in [0.1, 0.15) is 0 Å². The third kappa shape index (κ3) is 6.79. The van der Waals surface area contributed by atoms with Crippen LogP contribution in [0.15, 0.2) is 62.6 Å². The molecule has 0 radical (unpaired) electrons. The number of sulfonamides is 1. The Morgan fingerprint density at radius 1 is 1.14 bits per heavy atom. The zero-order chi connectivity index (χ0) is 27.5. The van der Waals surface area contributed by atoms with E-state index in [0.717, 1.165) is 5.56 Å². The smallest absolute Gasteiger partial charge is 0.417 e. The third-order valence-electron chi connectivity index (χ3n) is 6.08. The van der Waals surface area contributed by atoms with E-state index >= 15 is 0 Å². The van der Waals surface area contributed by atoms with Crippen LogP contribution >= 0.6 is 0 Å². The maximum Gasteiger partial charge on any atom is 0.417 e. The first-order chi connectivity index (χ1) is 17.2. The van der Waals surface area contributed by atoms with Gasteiger partial charge in [-0.3, -0.25) is 4.98 Å². The summed E-state index contributed by atoms with van der Waals surface area (Å²) in [7, 11) is -4.22. The average Bonchev–Trinajstić information content (AvgIpc) is 3.16. The number of amides is 1. The van der Waals surface area contributed by atoms with Crippen LogP contribution < -0.4 is 11.1 Å². The van der Waals surface area contributed by atoms with Crippen molar-refractivity contribution in [2.24, 2.45) is 11.3 Å². The van der Waals surface area contributed by atoms with Crippen LogP contribution in [0, 0.1) is 11.3 Å². The summed E-state index contributed by atoms with van der Waals surface area (Å²) in [5, 5.41) is 23.6. The zero-order valence-corrected chi connectivity index (χ0v) is 22.5. The second-order valence-electron chi connectivity index (χ2n) is 10.7. The van der Waals surface area contributed by atoms with E-state index in [-0.39, 0.29) is 29.4 Å². The molecular formula is C26H35N3O7S. The number of aliphatic hydroxyl groups is 1. The molecule has 1 aromatic heterocycles. The topological polar surface area (TPSA) is 153 Å². The molecule has 37 heavy (non-hydrogen) atoms. The number of rotatable bonds is 10. The molecule has 10 nitrogen and oxygen atoms in total. The van der Waals surface area contributed by atoms with Gasteiger partial charge in [0.25, 0.3) is 0 Å². The van der Waals surface area contributed by atoms with E-state index in [2.05, 4.69) is 10.3 Å². The second kappa shape index (κ2) is 11.1. The Kier molecular flexibility index (Phi) is 8.51. The molecule has 0 aliphatic heterocycles. The molecule has 0 bridgehead atoms. The number of nitrogens with one attached hydrogen (secondary N) is 2. The fourth-order valence-corrected chi connectivity index (χ4v) is 6.56. The predicted molar refractivity (Wildman–Crippen MR) is 140 cm³/mol. The highest BCUT2D eigenvalue weighted by Gasteiger charge is 2.45. The Morgan fingerprint density at radius 2 is 1.78 bits per heavy atom. The van der Waals surface area contributed by atoms with E-state index in [1.807, 2.05) is 44.2 Å². The van der Waals surface area contributed by atoms with Gasteiger partial charge in [0.05, 0.1) is 28.6 Å². The molecule has 0 spiro atoms. The minimum absolute atomic E-state index is 0.0710. The first kappa shape index (κ1) is 28.4. The van der Waals surface area contributed by atoms with Crippen LogP contribution in [0.25, 0.3) is 11.1 Å². The molecule has 11 heteroatoms. The van der Waals surface area contributed by atoms with Gasteiger partial charge >= 0.3 is 11.8 Å². The van der Waals surface area contributed by atoms with Crippen molar-refractivity contribution in [1.29, 1.82) is 0 Å². The lowest BCUT2D eigenvalue weighted by molar-refractivity contribution is 0.00250. The summed E-state index contributed by atoms with van der Waals surface area (Å²) in [5.74, 6) is -0.809. The van der Waals surface area contributed by atoms with E-state index in [1.165, 1.54) is 22.5 Å². The first-order valence-corrected chi connectivity index (χ1v) is 13.5. The van der Waals surface area contributed by atoms with Crippen LogP contribution in [0.1, 0.15) is 40.2 Å². The molecule has 2 aromatic carbocycles. The maximum absolute atomic E-state index is 14.1. The van der Waals surface area contributed by atoms with E-state index in [1.54, 1.807) is 20.8 Å². The third-order valence-corrected chi connectivity index (χ3v) is 7.93. The Morgan fingerprint density at radius 3 is 2.35 bits per heavy atom. The van der Waals surface area contributed by atoms with Gasteiger partial charge < -0.3 is 19.9 Å². The molecule has 4 N–H and O–H groups in total. The van der Waals surface area contributed by atoms with E-state index < -0.39 is 45.5 Å². The van der Waals surface area contributed by atoms with Crippen LogP contribution in [-0.2, 0) is 16.4 Å². The van der Waals surface area contributed by atoms with Crippen LogP contribution in [0.5, 0.6) is 0 Å².